The molecule has 0 radical (unpaired) electrons. The lowest BCUT2D eigenvalue weighted by atomic mass is 10.1. The van der Waals surface area contributed by atoms with E-state index in [4.69, 9.17) is 9.84 Å². The molecular weight excluding hydrogens is 320 g/mol. The van der Waals surface area contributed by atoms with E-state index >= 15 is 0 Å². The first-order valence-corrected chi connectivity index (χ1v) is 8.10. The minimum Gasteiger partial charge on any atom is -0.396 e. The molecule has 1 aliphatic heterocycles. The fourth-order valence-corrected chi connectivity index (χ4v) is 4.39. The van der Waals surface area contributed by atoms with Gasteiger partial charge in [-0.2, -0.15) is 0 Å². The van der Waals surface area contributed by atoms with Gasteiger partial charge in [-0.1, -0.05) is 6.07 Å². The molecule has 6 heteroatoms. The molecule has 0 aromatic heterocycles. The molecule has 18 heavy (non-hydrogen) atoms. The SMILES string of the molecule is O=S(=O)(c1ccc(CCCO)cc1Br)C1COC1. The van der Waals surface area contributed by atoms with Crippen molar-refractivity contribution in [1.29, 1.82) is 0 Å². The Hall–Kier alpha value is -0.430. The van der Waals surface area contributed by atoms with Gasteiger partial charge in [0, 0.05) is 11.1 Å². The number of aryl methyl sites for hydroxylation is 1. The van der Waals surface area contributed by atoms with E-state index in [1.165, 1.54) is 0 Å². The van der Waals surface area contributed by atoms with E-state index in [1.807, 2.05) is 6.07 Å². The molecule has 100 valence electrons. The Balaban J connectivity index is 2.24. The summed E-state index contributed by atoms with van der Waals surface area (Å²) < 4.78 is 29.9. The average Bonchev–Trinajstić information content (AvgIpc) is 2.22. The Morgan fingerprint density at radius 3 is 2.61 bits per heavy atom. The number of aliphatic hydroxyl groups is 1. The van der Waals surface area contributed by atoms with Gasteiger partial charge < -0.3 is 9.84 Å². The van der Waals surface area contributed by atoms with Gasteiger partial charge in [-0.3, -0.25) is 0 Å². The number of ether oxygens (including phenoxy) is 1. The fourth-order valence-electron chi connectivity index (χ4n) is 1.79. The lowest BCUT2D eigenvalue weighted by molar-refractivity contribution is 0.0416. The summed E-state index contributed by atoms with van der Waals surface area (Å²) in [5, 5.41) is 8.35. The number of aliphatic hydroxyl groups excluding tert-OH is 1. The summed E-state index contributed by atoms with van der Waals surface area (Å²) in [6.07, 6.45) is 1.41. The maximum Gasteiger partial charge on any atom is 0.186 e. The van der Waals surface area contributed by atoms with Crippen LogP contribution in [0.1, 0.15) is 12.0 Å². The van der Waals surface area contributed by atoms with Crippen LogP contribution in [0.5, 0.6) is 0 Å². The molecule has 1 saturated heterocycles. The number of rotatable bonds is 5. The van der Waals surface area contributed by atoms with Crippen molar-refractivity contribution in [1.82, 2.24) is 0 Å². The molecule has 1 aliphatic rings. The fraction of sp³-hybridized carbons (Fsp3) is 0.500. The van der Waals surface area contributed by atoms with Gasteiger partial charge in [0.15, 0.2) is 9.84 Å². The Morgan fingerprint density at radius 2 is 2.11 bits per heavy atom. The number of sulfone groups is 1. The normalized spacial score (nSPS) is 16.6. The molecule has 1 aromatic rings. The number of hydrogen-bond donors (Lipinski definition) is 1. The molecule has 0 saturated carbocycles. The average molecular weight is 335 g/mol. The van der Waals surface area contributed by atoms with Gasteiger partial charge in [-0.25, -0.2) is 8.42 Å². The molecule has 1 aromatic carbocycles. The van der Waals surface area contributed by atoms with Gasteiger partial charge in [-0.15, -0.1) is 0 Å². The van der Waals surface area contributed by atoms with Crippen molar-refractivity contribution in [2.75, 3.05) is 19.8 Å². The number of halogens is 1. The predicted octanol–water partition coefficient (Wildman–Crippen LogP) is 1.55. The van der Waals surface area contributed by atoms with E-state index < -0.39 is 15.1 Å². The van der Waals surface area contributed by atoms with Crippen LogP contribution in [-0.4, -0.2) is 38.6 Å². The van der Waals surface area contributed by atoms with Crippen molar-refractivity contribution in [3.8, 4) is 0 Å². The Morgan fingerprint density at radius 1 is 1.39 bits per heavy atom. The smallest absolute Gasteiger partial charge is 0.186 e. The van der Waals surface area contributed by atoms with Crippen LogP contribution < -0.4 is 0 Å². The van der Waals surface area contributed by atoms with Crippen LogP contribution in [0.2, 0.25) is 0 Å². The molecule has 0 amide bonds. The van der Waals surface area contributed by atoms with Crippen molar-refractivity contribution < 1.29 is 18.3 Å². The highest BCUT2D eigenvalue weighted by Gasteiger charge is 2.35. The zero-order valence-corrected chi connectivity index (χ0v) is 12.2. The molecule has 4 nitrogen and oxygen atoms in total. The van der Waals surface area contributed by atoms with Crippen LogP contribution in [0.25, 0.3) is 0 Å². The third-order valence-corrected chi connectivity index (χ3v) is 6.01. The molecule has 0 bridgehead atoms. The Kier molecular flexibility index (Phi) is 4.42. The number of benzene rings is 1. The third kappa shape index (κ3) is 2.77. The van der Waals surface area contributed by atoms with Crippen molar-refractivity contribution in [3.05, 3.63) is 28.2 Å². The summed E-state index contributed by atoms with van der Waals surface area (Å²) in [5.41, 5.74) is 1.01. The van der Waals surface area contributed by atoms with E-state index in [9.17, 15) is 8.42 Å². The van der Waals surface area contributed by atoms with Crippen LogP contribution in [0.4, 0.5) is 0 Å². The molecule has 0 unspecified atom stereocenters. The summed E-state index contributed by atoms with van der Waals surface area (Å²) in [6, 6.07) is 5.24. The van der Waals surface area contributed by atoms with Crippen molar-refractivity contribution in [2.45, 2.75) is 23.0 Å². The van der Waals surface area contributed by atoms with E-state index in [1.54, 1.807) is 12.1 Å². The topological polar surface area (TPSA) is 63.6 Å². The van der Waals surface area contributed by atoms with Crippen LogP contribution in [0.3, 0.4) is 0 Å². The first kappa shape index (κ1) is 14.0. The molecule has 2 rings (SSSR count). The zero-order chi connectivity index (χ0) is 13.2. The second kappa shape index (κ2) is 5.69. The highest BCUT2D eigenvalue weighted by Crippen LogP contribution is 2.29. The van der Waals surface area contributed by atoms with Gasteiger partial charge in [-0.05, 0) is 46.5 Å². The minimum atomic E-state index is -3.29. The minimum absolute atomic E-state index is 0.136. The van der Waals surface area contributed by atoms with Crippen LogP contribution in [-0.2, 0) is 21.0 Å². The monoisotopic (exact) mass is 334 g/mol. The lowest BCUT2D eigenvalue weighted by Gasteiger charge is -2.26. The highest BCUT2D eigenvalue weighted by molar-refractivity contribution is 9.10. The Labute approximate surface area is 115 Å². The third-order valence-electron chi connectivity index (χ3n) is 2.97. The van der Waals surface area contributed by atoms with Crippen LogP contribution in [0, 0.1) is 0 Å². The summed E-state index contributed by atoms with van der Waals surface area (Å²) in [5.74, 6) is 0. The van der Waals surface area contributed by atoms with Crippen LogP contribution >= 0.6 is 15.9 Å². The lowest BCUT2D eigenvalue weighted by Crippen LogP contribution is -2.40. The summed E-state index contributed by atoms with van der Waals surface area (Å²) in [6.45, 7) is 0.694. The quantitative estimate of drug-likeness (QED) is 0.887. The van der Waals surface area contributed by atoms with Crippen molar-refractivity contribution >= 4 is 25.8 Å². The second-order valence-corrected chi connectivity index (χ2v) is 7.35. The molecule has 1 heterocycles. The highest BCUT2D eigenvalue weighted by atomic mass is 79.9. The van der Waals surface area contributed by atoms with E-state index in [0.29, 0.717) is 15.8 Å². The second-order valence-electron chi connectivity index (χ2n) is 4.30. The van der Waals surface area contributed by atoms with E-state index in [2.05, 4.69) is 15.9 Å². The van der Waals surface area contributed by atoms with Crippen molar-refractivity contribution in [2.24, 2.45) is 0 Å². The predicted molar refractivity (Wildman–Crippen MR) is 71.3 cm³/mol. The van der Waals surface area contributed by atoms with E-state index in [0.717, 1.165) is 12.0 Å². The zero-order valence-electron chi connectivity index (χ0n) is 9.80. The molecular formula is C12H15BrO4S. The molecule has 0 spiro atoms. The van der Waals surface area contributed by atoms with E-state index in [-0.39, 0.29) is 19.8 Å². The molecule has 1 N–H and O–H groups in total. The van der Waals surface area contributed by atoms with Gasteiger partial charge in [0.2, 0.25) is 0 Å². The first-order valence-electron chi connectivity index (χ1n) is 5.76. The maximum atomic E-state index is 12.2. The van der Waals surface area contributed by atoms with Gasteiger partial charge in [0.1, 0.15) is 5.25 Å². The number of hydrogen-bond acceptors (Lipinski definition) is 4. The maximum absolute atomic E-state index is 12.2. The molecule has 1 fully saturated rings. The van der Waals surface area contributed by atoms with Crippen LogP contribution in [0.15, 0.2) is 27.6 Å². The standard InChI is InChI=1S/C12H15BrO4S/c13-11-6-9(2-1-5-14)3-4-12(11)18(15,16)10-7-17-8-10/h3-4,6,10,14H,1-2,5,7-8H2. The largest absolute Gasteiger partial charge is 0.396 e. The summed E-state index contributed by atoms with van der Waals surface area (Å²) in [7, 11) is -3.29. The Bertz CT molecular complexity index is 523. The van der Waals surface area contributed by atoms with Crippen molar-refractivity contribution in [3.63, 3.8) is 0 Å². The van der Waals surface area contributed by atoms with Gasteiger partial charge >= 0.3 is 0 Å². The first-order chi connectivity index (χ1) is 8.55. The van der Waals surface area contributed by atoms with Gasteiger partial charge in [0.25, 0.3) is 0 Å². The molecule has 0 aliphatic carbocycles. The molecule has 0 atom stereocenters. The summed E-state index contributed by atoms with van der Waals surface area (Å²) >= 11 is 3.31. The van der Waals surface area contributed by atoms with Gasteiger partial charge in [0.05, 0.1) is 18.1 Å². The summed E-state index contributed by atoms with van der Waals surface area (Å²) in [4.78, 5) is 0.323.